The van der Waals surface area contributed by atoms with Gasteiger partial charge < -0.3 is 9.47 Å². The molecule has 0 bridgehead atoms. The minimum absolute atomic E-state index is 0.653. The average molecular weight is 449 g/mol. The lowest BCUT2D eigenvalue weighted by molar-refractivity contribution is -0.732. The van der Waals surface area contributed by atoms with E-state index in [9.17, 15) is 0 Å². The number of hydrogen-bond acceptors (Lipinski definition) is 2. The molecule has 0 aliphatic rings. The Morgan fingerprint density at radius 1 is 0.562 bits per heavy atom. The van der Waals surface area contributed by atoms with Crippen molar-refractivity contribution < 1.29 is 18.6 Å². The normalized spacial score (nSPS) is 11.4. The van der Waals surface area contributed by atoms with Gasteiger partial charge in [0.2, 0.25) is 12.7 Å². The summed E-state index contributed by atoms with van der Waals surface area (Å²) in [5.74, 6) is 0. The Balaban J connectivity index is 1.38. The van der Waals surface area contributed by atoms with Crippen LogP contribution in [0.4, 0.5) is 0 Å². The summed E-state index contributed by atoms with van der Waals surface area (Å²) >= 11 is 0. The molecule has 0 aliphatic heterocycles. The highest BCUT2D eigenvalue weighted by Crippen LogP contribution is 2.03. The largest absolute Gasteiger partial charge is 0.342 e. The molecular weight excluding hydrogens is 400 g/mol. The van der Waals surface area contributed by atoms with Gasteiger partial charge in [-0.1, -0.05) is 52.4 Å². The number of aromatic nitrogens is 4. The summed E-state index contributed by atoms with van der Waals surface area (Å²) in [7, 11) is 0. The maximum absolute atomic E-state index is 5.82. The monoisotopic (exact) mass is 448 g/mol. The van der Waals surface area contributed by atoms with E-state index in [0.29, 0.717) is 13.5 Å². The maximum Gasteiger partial charge on any atom is 0.245 e. The Hall–Kier alpha value is -1.66. The lowest BCUT2D eigenvalue weighted by atomic mass is 10.2. The van der Waals surface area contributed by atoms with Crippen molar-refractivity contribution in [2.24, 2.45) is 0 Å². The first-order valence-corrected chi connectivity index (χ1v) is 13.1. The quantitative estimate of drug-likeness (QED) is 0.194. The van der Waals surface area contributed by atoms with Crippen molar-refractivity contribution in [2.45, 2.75) is 117 Å². The SMILES string of the molecule is CCCCCCn1cc[n+](COCCCCCCOC[n+]2ccn(CCCCCC)c2)c1. The standard InChI is InChI=1S/C26H48N4O2/c1-3-5-7-11-15-27-17-19-29(23-27)25-31-21-13-9-10-14-22-32-26-30-20-18-28(24-30)16-12-8-6-4-2/h17-20,23-24H,3-16,21-22,25-26H2,1-2H3/q+2. The predicted molar refractivity (Wildman–Crippen MR) is 128 cm³/mol. The van der Waals surface area contributed by atoms with Crippen LogP contribution in [0, 0.1) is 0 Å². The highest BCUT2D eigenvalue weighted by Gasteiger charge is 2.04. The molecule has 0 aliphatic carbocycles. The van der Waals surface area contributed by atoms with E-state index >= 15 is 0 Å². The fraction of sp³-hybridized carbons (Fsp3) is 0.769. The van der Waals surface area contributed by atoms with Gasteiger partial charge in [0.25, 0.3) is 0 Å². The minimum Gasteiger partial charge on any atom is -0.342 e. The molecule has 0 saturated heterocycles. The van der Waals surface area contributed by atoms with Gasteiger partial charge in [0.15, 0.2) is 13.5 Å². The van der Waals surface area contributed by atoms with Crippen LogP contribution < -0.4 is 9.13 Å². The smallest absolute Gasteiger partial charge is 0.245 e. The summed E-state index contributed by atoms with van der Waals surface area (Å²) in [4.78, 5) is 0. The summed E-state index contributed by atoms with van der Waals surface area (Å²) in [6.45, 7) is 9.69. The van der Waals surface area contributed by atoms with Crippen LogP contribution in [0.1, 0.15) is 90.9 Å². The summed E-state index contributed by atoms with van der Waals surface area (Å²) in [5, 5.41) is 0. The number of imidazole rings is 2. The van der Waals surface area contributed by atoms with Crippen molar-refractivity contribution in [1.29, 1.82) is 0 Å². The van der Waals surface area contributed by atoms with Crippen LogP contribution >= 0.6 is 0 Å². The summed E-state index contributed by atoms with van der Waals surface area (Å²) < 4.78 is 20.4. The van der Waals surface area contributed by atoms with Crippen molar-refractivity contribution in [1.82, 2.24) is 9.13 Å². The van der Waals surface area contributed by atoms with Crippen molar-refractivity contribution in [2.75, 3.05) is 13.2 Å². The molecule has 32 heavy (non-hydrogen) atoms. The lowest BCUT2D eigenvalue weighted by Crippen LogP contribution is -2.32. The second-order valence-electron chi connectivity index (χ2n) is 8.94. The van der Waals surface area contributed by atoms with Crippen LogP contribution in [-0.2, 0) is 36.0 Å². The second kappa shape index (κ2) is 17.8. The van der Waals surface area contributed by atoms with Crippen LogP contribution in [-0.4, -0.2) is 22.3 Å². The molecule has 0 N–H and O–H groups in total. The molecule has 0 fully saturated rings. The van der Waals surface area contributed by atoms with Gasteiger partial charge in [0.05, 0.1) is 26.3 Å². The van der Waals surface area contributed by atoms with Gasteiger partial charge in [0.1, 0.15) is 24.8 Å². The van der Waals surface area contributed by atoms with E-state index in [0.717, 1.165) is 39.1 Å². The Labute approximate surface area is 196 Å². The molecule has 2 aromatic rings. The number of rotatable bonds is 21. The van der Waals surface area contributed by atoms with E-state index in [1.54, 1.807) is 0 Å². The van der Waals surface area contributed by atoms with Gasteiger partial charge >= 0.3 is 0 Å². The van der Waals surface area contributed by atoms with E-state index in [-0.39, 0.29) is 0 Å². The first-order chi connectivity index (χ1) is 15.8. The Kier molecular flexibility index (Phi) is 14.8. The molecule has 0 unspecified atom stereocenters. The van der Waals surface area contributed by atoms with Crippen molar-refractivity contribution >= 4 is 0 Å². The molecule has 2 rings (SSSR count). The van der Waals surface area contributed by atoms with Crippen LogP contribution in [0.5, 0.6) is 0 Å². The molecule has 0 atom stereocenters. The second-order valence-corrected chi connectivity index (χ2v) is 8.94. The van der Waals surface area contributed by atoms with Crippen LogP contribution in [0.3, 0.4) is 0 Å². The highest BCUT2D eigenvalue weighted by molar-refractivity contribution is 4.66. The summed E-state index contributed by atoms with van der Waals surface area (Å²) in [5.41, 5.74) is 0. The number of aryl methyl sites for hydroxylation is 2. The Morgan fingerprint density at radius 3 is 1.44 bits per heavy atom. The van der Waals surface area contributed by atoms with Gasteiger partial charge in [-0.2, -0.15) is 0 Å². The van der Waals surface area contributed by atoms with Crippen LogP contribution in [0.25, 0.3) is 0 Å². The Bertz CT molecular complexity index is 625. The molecular formula is C26H48N4O2+2. The third-order valence-electron chi connectivity index (χ3n) is 5.84. The molecule has 0 amide bonds. The van der Waals surface area contributed by atoms with Crippen LogP contribution in [0.15, 0.2) is 37.4 Å². The zero-order chi connectivity index (χ0) is 22.7. The minimum atomic E-state index is 0.653. The molecule has 0 aromatic carbocycles. The highest BCUT2D eigenvalue weighted by atomic mass is 16.5. The zero-order valence-corrected chi connectivity index (χ0v) is 20.8. The average Bonchev–Trinajstić information content (AvgIpc) is 3.45. The summed E-state index contributed by atoms with van der Waals surface area (Å²) in [6, 6.07) is 0. The third kappa shape index (κ3) is 12.4. The van der Waals surface area contributed by atoms with Gasteiger partial charge in [-0.3, -0.25) is 0 Å². The first kappa shape index (κ1) is 26.6. The van der Waals surface area contributed by atoms with Crippen LogP contribution in [0.2, 0.25) is 0 Å². The number of hydrogen-bond donors (Lipinski definition) is 0. The van der Waals surface area contributed by atoms with E-state index in [1.165, 1.54) is 64.2 Å². The predicted octanol–water partition coefficient (Wildman–Crippen LogP) is 5.23. The maximum atomic E-state index is 5.82. The summed E-state index contributed by atoms with van der Waals surface area (Å²) in [6.07, 6.45) is 27.9. The zero-order valence-electron chi connectivity index (χ0n) is 20.8. The number of nitrogens with zero attached hydrogens (tertiary/aromatic N) is 4. The van der Waals surface area contributed by atoms with Gasteiger partial charge in [-0.05, 0) is 38.5 Å². The van der Waals surface area contributed by atoms with E-state index < -0.39 is 0 Å². The van der Waals surface area contributed by atoms with E-state index in [1.807, 2.05) is 0 Å². The van der Waals surface area contributed by atoms with Gasteiger partial charge in [0, 0.05) is 0 Å². The van der Waals surface area contributed by atoms with Crippen molar-refractivity contribution in [3.8, 4) is 0 Å². The molecule has 6 nitrogen and oxygen atoms in total. The van der Waals surface area contributed by atoms with Crippen molar-refractivity contribution in [3.63, 3.8) is 0 Å². The molecule has 0 radical (unpaired) electrons. The van der Waals surface area contributed by atoms with Crippen molar-refractivity contribution in [3.05, 3.63) is 37.4 Å². The molecule has 0 spiro atoms. The Morgan fingerprint density at radius 2 is 1.00 bits per heavy atom. The lowest BCUT2D eigenvalue weighted by Gasteiger charge is -2.03. The number of unbranched alkanes of at least 4 members (excludes halogenated alkanes) is 9. The molecule has 2 heterocycles. The van der Waals surface area contributed by atoms with E-state index in [2.05, 4.69) is 69.6 Å². The van der Waals surface area contributed by atoms with E-state index in [4.69, 9.17) is 9.47 Å². The topological polar surface area (TPSA) is 36.1 Å². The molecule has 6 heteroatoms. The van der Waals surface area contributed by atoms with Gasteiger partial charge in [-0.15, -0.1) is 0 Å². The number of ether oxygens (including phenoxy) is 2. The third-order valence-corrected chi connectivity index (χ3v) is 5.84. The fourth-order valence-corrected chi connectivity index (χ4v) is 3.84. The molecule has 2 aromatic heterocycles. The molecule has 182 valence electrons. The first-order valence-electron chi connectivity index (χ1n) is 13.1. The fourth-order valence-electron chi connectivity index (χ4n) is 3.84. The molecule has 0 saturated carbocycles. The van der Waals surface area contributed by atoms with Gasteiger partial charge in [-0.25, -0.2) is 18.3 Å².